The van der Waals surface area contributed by atoms with Crippen molar-refractivity contribution < 1.29 is 23.7 Å². The lowest BCUT2D eigenvalue weighted by Gasteiger charge is -2.36. The van der Waals surface area contributed by atoms with E-state index in [9.17, 15) is 4.79 Å². The zero-order valence-corrected chi connectivity index (χ0v) is 23.8. The number of carbonyl (C=O) groups is 1. The number of aromatic nitrogens is 1. The maximum atomic E-state index is 11.6. The first-order valence-electron chi connectivity index (χ1n) is 14.2. The van der Waals surface area contributed by atoms with E-state index >= 15 is 0 Å². The van der Waals surface area contributed by atoms with Gasteiger partial charge in [-0.1, -0.05) is 48.9 Å². The standard InChI is InChI=1S/C32H44N2O5/c1-32(2,3)39-31(35)25-38-23-22-37-21-20-36-19-18-33-17-15-28-27(12-9-14-30(28)33)24-34-16-8-7-13-29(34)26-10-5-4-6-11-26/h4-6,9-12,14-15,17,29H,7-8,13,16,18-25H2,1-3H3. The van der Waals surface area contributed by atoms with Crippen molar-refractivity contribution in [3.8, 4) is 0 Å². The Kier molecular flexibility index (Phi) is 11.0. The Morgan fingerprint density at radius 1 is 0.872 bits per heavy atom. The van der Waals surface area contributed by atoms with Crippen LogP contribution in [0.3, 0.4) is 0 Å². The number of hydrogen-bond acceptors (Lipinski definition) is 6. The fraction of sp³-hybridized carbons (Fsp3) is 0.531. The zero-order valence-electron chi connectivity index (χ0n) is 23.8. The highest BCUT2D eigenvalue weighted by atomic mass is 16.6. The number of piperidine rings is 1. The molecule has 2 aromatic carbocycles. The second-order valence-corrected chi connectivity index (χ2v) is 11.1. The normalized spacial score (nSPS) is 16.5. The summed E-state index contributed by atoms with van der Waals surface area (Å²) in [5.41, 5.74) is 3.57. The number of likely N-dealkylation sites (tertiary alicyclic amines) is 1. The van der Waals surface area contributed by atoms with E-state index in [-0.39, 0.29) is 12.6 Å². The molecule has 7 nitrogen and oxygen atoms in total. The molecular formula is C32H44N2O5. The molecule has 0 N–H and O–H groups in total. The van der Waals surface area contributed by atoms with E-state index in [4.69, 9.17) is 18.9 Å². The van der Waals surface area contributed by atoms with E-state index in [1.54, 1.807) is 0 Å². The number of benzene rings is 2. The first-order valence-corrected chi connectivity index (χ1v) is 14.2. The third-order valence-electron chi connectivity index (χ3n) is 6.94. The van der Waals surface area contributed by atoms with Gasteiger partial charge < -0.3 is 23.5 Å². The van der Waals surface area contributed by atoms with Crippen molar-refractivity contribution in [2.24, 2.45) is 0 Å². The minimum Gasteiger partial charge on any atom is -0.458 e. The van der Waals surface area contributed by atoms with Crippen LogP contribution in [0.5, 0.6) is 0 Å². The lowest BCUT2D eigenvalue weighted by atomic mass is 9.94. The number of rotatable bonds is 14. The van der Waals surface area contributed by atoms with Gasteiger partial charge in [-0.3, -0.25) is 4.90 Å². The van der Waals surface area contributed by atoms with Crippen LogP contribution >= 0.6 is 0 Å². The number of fused-ring (bicyclic) bond motifs is 1. The molecular weight excluding hydrogens is 492 g/mol. The zero-order chi connectivity index (χ0) is 27.5. The number of ether oxygens (including phenoxy) is 4. The molecule has 2 heterocycles. The van der Waals surface area contributed by atoms with Crippen LogP contribution in [0.2, 0.25) is 0 Å². The molecule has 0 radical (unpaired) electrons. The van der Waals surface area contributed by atoms with E-state index in [1.165, 1.54) is 41.3 Å². The monoisotopic (exact) mass is 536 g/mol. The van der Waals surface area contributed by atoms with Gasteiger partial charge in [-0.2, -0.15) is 0 Å². The van der Waals surface area contributed by atoms with Crippen LogP contribution in [0.4, 0.5) is 0 Å². The Morgan fingerprint density at radius 2 is 1.62 bits per heavy atom. The molecule has 0 amide bonds. The molecule has 39 heavy (non-hydrogen) atoms. The molecule has 1 aliphatic heterocycles. The van der Waals surface area contributed by atoms with Crippen molar-refractivity contribution in [2.75, 3.05) is 46.2 Å². The van der Waals surface area contributed by atoms with Gasteiger partial charge in [-0.05, 0) is 63.4 Å². The van der Waals surface area contributed by atoms with Crippen LogP contribution in [0.25, 0.3) is 10.9 Å². The number of esters is 1. The minimum atomic E-state index is -0.497. The van der Waals surface area contributed by atoms with Gasteiger partial charge >= 0.3 is 5.97 Å². The van der Waals surface area contributed by atoms with Gasteiger partial charge in [0.25, 0.3) is 0 Å². The highest BCUT2D eigenvalue weighted by Gasteiger charge is 2.24. The average molecular weight is 537 g/mol. The lowest BCUT2D eigenvalue weighted by molar-refractivity contribution is -0.160. The Morgan fingerprint density at radius 3 is 2.38 bits per heavy atom. The Balaban J connectivity index is 1.17. The summed E-state index contributed by atoms with van der Waals surface area (Å²) in [6.45, 7) is 10.7. The van der Waals surface area contributed by atoms with Crippen molar-refractivity contribution in [3.05, 3.63) is 71.9 Å². The van der Waals surface area contributed by atoms with Gasteiger partial charge in [0.05, 0.1) is 33.0 Å². The lowest BCUT2D eigenvalue weighted by Crippen LogP contribution is -2.32. The van der Waals surface area contributed by atoms with Gasteiger partial charge in [-0.25, -0.2) is 4.79 Å². The van der Waals surface area contributed by atoms with E-state index in [2.05, 4.69) is 70.3 Å². The molecule has 212 valence electrons. The first kappa shape index (κ1) is 29.3. The van der Waals surface area contributed by atoms with Crippen molar-refractivity contribution in [3.63, 3.8) is 0 Å². The molecule has 0 bridgehead atoms. The summed E-state index contributed by atoms with van der Waals surface area (Å²) in [4.78, 5) is 14.3. The second kappa shape index (κ2) is 14.6. The summed E-state index contributed by atoms with van der Waals surface area (Å²) < 4.78 is 24.1. The fourth-order valence-corrected chi connectivity index (χ4v) is 5.20. The van der Waals surface area contributed by atoms with Gasteiger partial charge in [0.1, 0.15) is 12.2 Å². The Bertz CT molecular complexity index is 1150. The highest BCUT2D eigenvalue weighted by molar-refractivity contribution is 5.83. The molecule has 1 aromatic heterocycles. The summed E-state index contributed by atoms with van der Waals surface area (Å²) in [6, 6.07) is 20.3. The maximum Gasteiger partial charge on any atom is 0.332 e. The summed E-state index contributed by atoms with van der Waals surface area (Å²) in [5, 5.41) is 1.32. The molecule has 7 heteroatoms. The van der Waals surface area contributed by atoms with E-state index in [0.717, 1.165) is 19.6 Å². The summed E-state index contributed by atoms with van der Waals surface area (Å²) in [7, 11) is 0. The van der Waals surface area contributed by atoms with Crippen LogP contribution in [0, 0.1) is 0 Å². The van der Waals surface area contributed by atoms with Crippen LogP contribution in [0.15, 0.2) is 60.8 Å². The van der Waals surface area contributed by atoms with E-state index < -0.39 is 5.60 Å². The number of nitrogens with zero attached hydrogens (tertiary/aromatic N) is 2. The molecule has 1 atom stereocenters. The quantitative estimate of drug-likeness (QED) is 0.193. The number of hydrogen-bond donors (Lipinski definition) is 0. The van der Waals surface area contributed by atoms with Gasteiger partial charge in [0, 0.05) is 36.2 Å². The summed E-state index contributed by atoms with van der Waals surface area (Å²) >= 11 is 0. The van der Waals surface area contributed by atoms with Gasteiger partial charge in [-0.15, -0.1) is 0 Å². The topological polar surface area (TPSA) is 62.2 Å². The van der Waals surface area contributed by atoms with Crippen LogP contribution < -0.4 is 0 Å². The van der Waals surface area contributed by atoms with Gasteiger partial charge in [0.2, 0.25) is 0 Å². The van der Waals surface area contributed by atoms with E-state index in [0.29, 0.717) is 39.1 Å². The highest BCUT2D eigenvalue weighted by Crippen LogP contribution is 2.33. The smallest absolute Gasteiger partial charge is 0.332 e. The molecule has 0 spiro atoms. The van der Waals surface area contributed by atoms with Crippen LogP contribution in [0.1, 0.15) is 57.2 Å². The van der Waals surface area contributed by atoms with Crippen molar-refractivity contribution in [1.29, 1.82) is 0 Å². The average Bonchev–Trinajstić information content (AvgIpc) is 3.33. The van der Waals surface area contributed by atoms with Crippen LogP contribution in [-0.2, 0) is 36.8 Å². The molecule has 1 fully saturated rings. The minimum absolute atomic E-state index is 0.0602. The molecule has 1 saturated heterocycles. The number of carbonyl (C=O) groups excluding carboxylic acids is 1. The second-order valence-electron chi connectivity index (χ2n) is 11.1. The van der Waals surface area contributed by atoms with E-state index in [1.807, 2.05) is 20.8 Å². The Hall–Kier alpha value is -2.71. The molecule has 4 rings (SSSR count). The first-order chi connectivity index (χ1) is 18.9. The maximum absolute atomic E-state index is 11.6. The predicted molar refractivity (Wildman–Crippen MR) is 154 cm³/mol. The summed E-state index contributed by atoms with van der Waals surface area (Å²) in [5.74, 6) is -0.363. The van der Waals surface area contributed by atoms with Crippen molar-refractivity contribution >= 4 is 16.9 Å². The SMILES string of the molecule is CC(C)(C)OC(=O)COCCOCCOCCn1ccc2c(CN3CCCCC3c3ccccc3)cccc21. The fourth-order valence-electron chi connectivity index (χ4n) is 5.20. The third kappa shape index (κ3) is 9.17. The predicted octanol–water partition coefficient (Wildman–Crippen LogP) is 5.76. The molecule has 0 saturated carbocycles. The molecule has 3 aromatic rings. The summed E-state index contributed by atoms with van der Waals surface area (Å²) in [6.07, 6.45) is 5.95. The van der Waals surface area contributed by atoms with Crippen molar-refractivity contribution in [1.82, 2.24) is 9.47 Å². The van der Waals surface area contributed by atoms with Gasteiger partial charge in [0.15, 0.2) is 0 Å². The molecule has 1 aliphatic rings. The molecule has 0 aliphatic carbocycles. The van der Waals surface area contributed by atoms with Crippen LogP contribution in [-0.4, -0.2) is 67.2 Å². The third-order valence-corrected chi connectivity index (χ3v) is 6.94. The Labute approximate surface area is 233 Å². The largest absolute Gasteiger partial charge is 0.458 e. The van der Waals surface area contributed by atoms with Crippen molar-refractivity contribution in [2.45, 2.75) is 64.8 Å². The molecule has 1 unspecified atom stereocenters.